The van der Waals surface area contributed by atoms with Crippen LogP contribution >= 0.6 is 11.7 Å². The minimum atomic E-state index is -1.27. The molecule has 0 saturated carbocycles. The van der Waals surface area contributed by atoms with Gasteiger partial charge in [0, 0.05) is 60.9 Å². The number of benzene rings is 1. The summed E-state index contributed by atoms with van der Waals surface area (Å²) in [4.78, 5) is 72.4. The van der Waals surface area contributed by atoms with Gasteiger partial charge >= 0.3 is 17.9 Å². The monoisotopic (exact) mass is 866 g/mol. The van der Waals surface area contributed by atoms with E-state index < -0.39 is 30.1 Å². The molecule has 4 heterocycles. The number of carbonyl (C=O) groups is 5. The van der Waals surface area contributed by atoms with E-state index in [1.807, 2.05) is 32.6 Å². The minimum Gasteiger partial charge on any atom is -0.470 e. The number of carbonyl (C=O) groups excluding carboxylic acids is 5. The van der Waals surface area contributed by atoms with Gasteiger partial charge in [0.05, 0.1) is 48.9 Å². The zero-order chi connectivity index (χ0) is 44.3. The Hall–Kier alpha value is -5.37. The van der Waals surface area contributed by atoms with Gasteiger partial charge in [-0.2, -0.15) is 4.37 Å². The van der Waals surface area contributed by atoms with E-state index >= 15 is 0 Å². The first-order valence-corrected chi connectivity index (χ1v) is 21.3. The van der Waals surface area contributed by atoms with Crippen molar-refractivity contribution in [3.05, 3.63) is 46.3 Å². The standard InChI is InChI=1S/C42H58N8O10S/c1-9-49(10-2)16-15-43-39(54)36-25(3)33(45-26(36)4)22-31-30-21-28(11-12-32(30)46-38(31)53)59-35(52)14-13-34(51)58-27(5)41(55)60-29(23-44-42(6,7)8)24-57-40-37(47-61-48-40)50-17-19-56-20-18-50/h11-12,21-22,27,29,44-45H,9-10,13-20,23-24H2,1-8H3,(H,43,54)(H,46,53)/b31-22-. The van der Waals surface area contributed by atoms with Crippen LogP contribution in [0.1, 0.15) is 87.3 Å². The van der Waals surface area contributed by atoms with Gasteiger partial charge in [-0.15, -0.1) is 4.37 Å². The van der Waals surface area contributed by atoms with Gasteiger partial charge in [-0.25, -0.2) is 4.79 Å². The van der Waals surface area contributed by atoms with Crippen molar-refractivity contribution in [3.63, 3.8) is 0 Å². The summed E-state index contributed by atoms with van der Waals surface area (Å²) in [5.41, 5.74) is 3.53. The van der Waals surface area contributed by atoms with E-state index in [-0.39, 0.29) is 49.1 Å². The van der Waals surface area contributed by atoms with E-state index in [4.69, 9.17) is 23.7 Å². The third kappa shape index (κ3) is 13.1. The number of rotatable bonds is 20. The Bertz CT molecular complexity index is 2070. The maximum atomic E-state index is 13.1. The number of aromatic amines is 1. The van der Waals surface area contributed by atoms with Crippen LogP contribution in [0.2, 0.25) is 0 Å². The van der Waals surface area contributed by atoms with E-state index in [9.17, 15) is 24.0 Å². The number of nitrogens with zero attached hydrogens (tertiary/aromatic N) is 4. The number of aryl methyl sites for hydroxylation is 1. The van der Waals surface area contributed by atoms with E-state index in [0.717, 1.165) is 31.4 Å². The summed E-state index contributed by atoms with van der Waals surface area (Å²) in [7, 11) is 0. The summed E-state index contributed by atoms with van der Waals surface area (Å²) in [6, 6.07) is 4.71. The van der Waals surface area contributed by atoms with Crippen LogP contribution in [-0.2, 0) is 33.4 Å². The molecule has 4 N–H and O–H groups in total. The van der Waals surface area contributed by atoms with Crippen molar-refractivity contribution in [2.45, 2.75) is 86.0 Å². The Morgan fingerprint density at radius 2 is 1.77 bits per heavy atom. The Morgan fingerprint density at radius 1 is 1.05 bits per heavy atom. The molecule has 0 bridgehead atoms. The molecule has 2 aliphatic heterocycles. The summed E-state index contributed by atoms with van der Waals surface area (Å²) >= 11 is 1.02. The molecule has 0 radical (unpaired) electrons. The van der Waals surface area contributed by atoms with Crippen molar-refractivity contribution in [3.8, 4) is 11.6 Å². The van der Waals surface area contributed by atoms with Crippen molar-refractivity contribution < 1.29 is 47.7 Å². The molecule has 332 valence electrons. The zero-order valence-electron chi connectivity index (χ0n) is 36.2. The van der Waals surface area contributed by atoms with Gasteiger partial charge < -0.3 is 54.4 Å². The molecule has 19 heteroatoms. The molecule has 2 atom stereocenters. The van der Waals surface area contributed by atoms with Crippen molar-refractivity contribution in [2.75, 3.05) is 75.9 Å². The number of anilines is 2. The van der Waals surface area contributed by atoms with Crippen LogP contribution in [0.5, 0.6) is 11.6 Å². The first kappa shape index (κ1) is 46.7. The van der Waals surface area contributed by atoms with Gasteiger partial charge in [0.15, 0.2) is 6.10 Å². The lowest BCUT2D eigenvalue weighted by atomic mass is 10.0. The molecule has 1 aromatic carbocycles. The molecule has 0 aliphatic carbocycles. The van der Waals surface area contributed by atoms with E-state index in [1.165, 1.54) is 13.0 Å². The molecular formula is C42H58N8O10S. The van der Waals surface area contributed by atoms with Crippen LogP contribution in [0.15, 0.2) is 18.2 Å². The lowest BCUT2D eigenvalue weighted by Crippen LogP contribution is -2.45. The summed E-state index contributed by atoms with van der Waals surface area (Å²) < 4.78 is 36.6. The van der Waals surface area contributed by atoms with Gasteiger partial charge in [-0.1, -0.05) is 13.8 Å². The topological polar surface area (TPSA) is 216 Å². The maximum absolute atomic E-state index is 13.1. The smallest absolute Gasteiger partial charge is 0.347 e. The fraction of sp³-hybridized carbons (Fsp3) is 0.548. The van der Waals surface area contributed by atoms with Crippen molar-refractivity contribution in [1.29, 1.82) is 0 Å². The molecule has 2 amide bonds. The van der Waals surface area contributed by atoms with Crippen LogP contribution in [0.25, 0.3) is 11.6 Å². The van der Waals surface area contributed by atoms with Crippen LogP contribution in [0.3, 0.4) is 0 Å². The molecule has 0 spiro atoms. The average molecular weight is 867 g/mol. The normalized spacial score (nSPS) is 15.6. The Morgan fingerprint density at radius 3 is 2.48 bits per heavy atom. The molecule has 2 aromatic heterocycles. The third-order valence-electron chi connectivity index (χ3n) is 10.1. The number of morpholine rings is 1. The molecular weight excluding hydrogens is 809 g/mol. The van der Waals surface area contributed by atoms with Gasteiger partial charge in [0.25, 0.3) is 17.7 Å². The molecule has 2 aliphatic rings. The number of fused-ring (bicyclic) bond motifs is 1. The van der Waals surface area contributed by atoms with E-state index in [1.54, 1.807) is 25.1 Å². The number of H-pyrrole nitrogens is 1. The van der Waals surface area contributed by atoms with Crippen LogP contribution in [-0.4, -0.2) is 132 Å². The van der Waals surface area contributed by atoms with Crippen LogP contribution in [0.4, 0.5) is 11.5 Å². The minimum absolute atomic E-state index is 0.0309. The highest BCUT2D eigenvalue weighted by atomic mass is 32.1. The second-order valence-electron chi connectivity index (χ2n) is 15.8. The third-order valence-corrected chi connectivity index (χ3v) is 10.6. The lowest BCUT2D eigenvalue weighted by Gasteiger charge is -2.28. The predicted molar refractivity (Wildman–Crippen MR) is 230 cm³/mol. The quantitative estimate of drug-likeness (QED) is 0.0721. The molecule has 2 unspecified atom stereocenters. The first-order chi connectivity index (χ1) is 29.1. The molecule has 5 rings (SSSR count). The lowest BCUT2D eigenvalue weighted by molar-refractivity contribution is -0.171. The summed E-state index contributed by atoms with van der Waals surface area (Å²) in [5, 5.41) is 9.11. The van der Waals surface area contributed by atoms with Crippen LogP contribution < -0.4 is 30.3 Å². The maximum Gasteiger partial charge on any atom is 0.347 e. The molecule has 1 fully saturated rings. The van der Waals surface area contributed by atoms with Crippen LogP contribution in [0, 0.1) is 13.8 Å². The van der Waals surface area contributed by atoms with Gasteiger partial charge in [-0.3, -0.25) is 19.2 Å². The van der Waals surface area contributed by atoms with Crippen molar-refractivity contribution >= 4 is 64.6 Å². The molecule has 3 aromatic rings. The number of nitrogens with one attached hydrogen (secondary N) is 4. The number of hydrogen-bond donors (Lipinski definition) is 4. The second kappa shape index (κ2) is 21.4. The van der Waals surface area contributed by atoms with Gasteiger partial charge in [-0.05, 0) is 84.5 Å². The SMILES string of the molecule is CCN(CC)CCNC(=O)c1c(C)[nH]c(/C=C2\C(=O)Nc3ccc(OC(=O)CCC(=O)OC(C)C(=O)OC(CNC(C)(C)C)COc4nsnc4N4CCOCC4)cc32)c1C. The average Bonchev–Trinajstić information content (AvgIpc) is 3.90. The second-order valence-corrected chi connectivity index (χ2v) is 16.3. The first-order valence-electron chi connectivity index (χ1n) is 20.6. The number of ether oxygens (including phenoxy) is 5. The number of aromatic nitrogens is 3. The molecule has 1 saturated heterocycles. The highest BCUT2D eigenvalue weighted by Gasteiger charge is 2.29. The molecule has 18 nitrogen and oxygen atoms in total. The number of esters is 3. The Labute approximate surface area is 360 Å². The number of likely N-dealkylation sites (N-methyl/N-ethyl adjacent to an activating group) is 1. The highest BCUT2D eigenvalue weighted by Crippen LogP contribution is 2.36. The summed E-state index contributed by atoms with van der Waals surface area (Å²) in [6.45, 7) is 20.8. The Kier molecular flexibility index (Phi) is 16.4. The predicted octanol–water partition coefficient (Wildman–Crippen LogP) is 3.88. The number of amides is 2. The summed E-state index contributed by atoms with van der Waals surface area (Å²) in [5.74, 6) is -1.77. The molecule has 61 heavy (non-hydrogen) atoms. The van der Waals surface area contributed by atoms with Crippen molar-refractivity contribution in [1.82, 2.24) is 29.3 Å². The zero-order valence-corrected chi connectivity index (χ0v) is 37.0. The van der Waals surface area contributed by atoms with Gasteiger partial charge in [0.2, 0.25) is 5.82 Å². The highest BCUT2D eigenvalue weighted by molar-refractivity contribution is 6.99. The van der Waals surface area contributed by atoms with E-state index in [0.29, 0.717) is 83.9 Å². The Balaban J connectivity index is 1.13. The largest absolute Gasteiger partial charge is 0.470 e. The summed E-state index contributed by atoms with van der Waals surface area (Å²) in [6.07, 6.45) is -1.06. The fourth-order valence-corrected chi connectivity index (χ4v) is 7.17. The van der Waals surface area contributed by atoms with Crippen molar-refractivity contribution in [2.24, 2.45) is 0 Å². The fourth-order valence-electron chi connectivity index (χ4n) is 6.65. The number of hydrogen-bond acceptors (Lipinski definition) is 16. The van der Waals surface area contributed by atoms with Gasteiger partial charge in [0.1, 0.15) is 18.5 Å². The van der Waals surface area contributed by atoms with E-state index in [2.05, 4.69) is 48.4 Å².